The molecule has 0 amide bonds. The first-order valence-electron chi connectivity index (χ1n) is 5.83. The van der Waals surface area contributed by atoms with Gasteiger partial charge in [0.2, 0.25) is 0 Å². The molecule has 0 atom stereocenters. The Labute approximate surface area is 128 Å². The molecule has 0 aromatic carbocycles. The summed E-state index contributed by atoms with van der Waals surface area (Å²) in [6, 6.07) is 4.22. The van der Waals surface area contributed by atoms with Gasteiger partial charge in [0.25, 0.3) is 0 Å². The van der Waals surface area contributed by atoms with Gasteiger partial charge in [0.1, 0.15) is 17.8 Å². The molecule has 4 nitrogen and oxygen atoms in total. The SMILES string of the molecule is CC(C)(c1cccs1)n1cc(I)c2c(N)ncnc21. The summed E-state index contributed by atoms with van der Waals surface area (Å²) in [6.07, 6.45) is 3.62. The van der Waals surface area contributed by atoms with Crippen LogP contribution in [0.3, 0.4) is 0 Å². The second-order valence-electron chi connectivity index (χ2n) is 4.84. The standard InChI is InChI=1S/C13H13IN4S/c1-13(2,9-4-3-5-19-9)18-6-8(14)10-11(15)16-7-17-12(10)18/h3-7H,1-2H3,(H2,15,16,17). The van der Waals surface area contributed by atoms with Crippen LogP contribution in [-0.4, -0.2) is 14.5 Å². The number of thiophene rings is 1. The maximum absolute atomic E-state index is 5.97. The number of halogens is 1. The largest absolute Gasteiger partial charge is 0.383 e. The third kappa shape index (κ3) is 1.93. The number of aromatic nitrogens is 3. The van der Waals surface area contributed by atoms with E-state index in [0.29, 0.717) is 5.82 Å². The summed E-state index contributed by atoms with van der Waals surface area (Å²) in [4.78, 5) is 9.78. The molecule has 98 valence electrons. The molecule has 0 saturated carbocycles. The Morgan fingerprint density at radius 2 is 2.16 bits per heavy atom. The monoisotopic (exact) mass is 384 g/mol. The maximum atomic E-state index is 5.97. The Morgan fingerprint density at radius 1 is 1.37 bits per heavy atom. The van der Waals surface area contributed by atoms with E-state index in [1.54, 1.807) is 11.3 Å². The Kier molecular flexibility index (Phi) is 3.01. The van der Waals surface area contributed by atoms with Gasteiger partial charge in [0.15, 0.2) is 0 Å². The summed E-state index contributed by atoms with van der Waals surface area (Å²) >= 11 is 4.03. The molecule has 3 aromatic heterocycles. The van der Waals surface area contributed by atoms with E-state index in [0.717, 1.165) is 14.6 Å². The summed E-state index contributed by atoms with van der Waals surface area (Å²) in [5.41, 5.74) is 6.69. The highest BCUT2D eigenvalue weighted by Crippen LogP contribution is 2.35. The van der Waals surface area contributed by atoms with Gasteiger partial charge in [-0.25, -0.2) is 9.97 Å². The molecule has 0 aliphatic heterocycles. The summed E-state index contributed by atoms with van der Waals surface area (Å²) in [5.74, 6) is 0.537. The number of nitrogens with two attached hydrogens (primary N) is 1. The quantitative estimate of drug-likeness (QED) is 0.689. The van der Waals surface area contributed by atoms with Crippen molar-refractivity contribution < 1.29 is 0 Å². The average Bonchev–Trinajstić information content (AvgIpc) is 2.98. The fourth-order valence-electron chi connectivity index (χ4n) is 2.21. The minimum Gasteiger partial charge on any atom is -0.383 e. The van der Waals surface area contributed by atoms with Gasteiger partial charge in [0.05, 0.1) is 10.9 Å². The number of rotatable bonds is 2. The maximum Gasteiger partial charge on any atom is 0.147 e. The highest BCUT2D eigenvalue weighted by molar-refractivity contribution is 14.1. The van der Waals surface area contributed by atoms with Gasteiger partial charge in [-0.3, -0.25) is 0 Å². The first-order valence-corrected chi connectivity index (χ1v) is 7.79. The summed E-state index contributed by atoms with van der Waals surface area (Å²) in [6.45, 7) is 4.37. The van der Waals surface area contributed by atoms with E-state index < -0.39 is 0 Å². The van der Waals surface area contributed by atoms with E-state index in [9.17, 15) is 0 Å². The molecule has 0 spiro atoms. The summed E-state index contributed by atoms with van der Waals surface area (Å²) < 4.78 is 3.25. The highest BCUT2D eigenvalue weighted by atomic mass is 127. The number of hydrogen-bond donors (Lipinski definition) is 1. The number of nitrogens with zero attached hydrogens (tertiary/aromatic N) is 3. The molecular formula is C13H13IN4S. The van der Waals surface area contributed by atoms with E-state index in [2.05, 4.69) is 74.7 Å². The van der Waals surface area contributed by atoms with Gasteiger partial charge in [0, 0.05) is 14.6 Å². The minimum absolute atomic E-state index is 0.156. The van der Waals surface area contributed by atoms with Crippen molar-refractivity contribution in [3.63, 3.8) is 0 Å². The van der Waals surface area contributed by atoms with Crippen molar-refractivity contribution in [2.75, 3.05) is 5.73 Å². The zero-order chi connectivity index (χ0) is 13.6. The molecule has 19 heavy (non-hydrogen) atoms. The molecule has 0 unspecified atom stereocenters. The van der Waals surface area contributed by atoms with Gasteiger partial charge in [-0.05, 0) is 47.9 Å². The van der Waals surface area contributed by atoms with Crippen molar-refractivity contribution in [2.45, 2.75) is 19.4 Å². The van der Waals surface area contributed by atoms with Crippen molar-refractivity contribution >= 4 is 50.8 Å². The third-order valence-corrected chi connectivity index (χ3v) is 5.29. The van der Waals surface area contributed by atoms with Crippen LogP contribution in [0.15, 0.2) is 30.0 Å². The van der Waals surface area contributed by atoms with Crippen molar-refractivity contribution in [3.8, 4) is 0 Å². The second kappa shape index (κ2) is 4.45. The minimum atomic E-state index is -0.156. The fraction of sp³-hybridized carbons (Fsp3) is 0.231. The van der Waals surface area contributed by atoms with Crippen molar-refractivity contribution in [1.29, 1.82) is 0 Å². The van der Waals surface area contributed by atoms with Crippen LogP contribution in [0.1, 0.15) is 18.7 Å². The Bertz CT molecular complexity index is 731. The lowest BCUT2D eigenvalue weighted by Crippen LogP contribution is -2.26. The van der Waals surface area contributed by atoms with E-state index >= 15 is 0 Å². The lowest BCUT2D eigenvalue weighted by Gasteiger charge is -2.26. The third-order valence-electron chi connectivity index (χ3n) is 3.29. The van der Waals surface area contributed by atoms with Gasteiger partial charge in [-0.1, -0.05) is 6.07 Å². The fourth-order valence-corrected chi connectivity index (χ4v) is 3.86. The number of nitrogen functional groups attached to an aromatic ring is 1. The van der Waals surface area contributed by atoms with E-state index in [1.807, 2.05) is 0 Å². The van der Waals surface area contributed by atoms with Crippen LogP contribution in [0.25, 0.3) is 11.0 Å². The smallest absolute Gasteiger partial charge is 0.147 e. The molecule has 6 heteroatoms. The first-order chi connectivity index (χ1) is 9.01. The molecule has 0 aliphatic rings. The molecule has 0 fully saturated rings. The average molecular weight is 384 g/mol. The predicted octanol–water partition coefficient (Wildman–Crippen LogP) is 3.46. The van der Waals surface area contributed by atoms with Crippen molar-refractivity contribution in [2.24, 2.45) is 0 Å². The Morgan fingerprint density at radius 3 is 2.84 bits per heavy atom. The highest BCUT2D eigenvalue weighted by Gasteiger charge is 2.27. The van der Waals surface area contributed by atoms with E-state index in [1.165, 1.54) is 11.2 Å². The van der Waals surface area contributed by atoms with Crippen LogP contribution in [0.4, 0.5) is 5.82 Å². The topological polar surface area (TPSA) is 56.7 Å². The molecule has 3 heterocycles. The van der Waals surface area contributed by atoms with Gasteiger partial charge < -0.3 is 10.3 Å². The molecule has 0 bridgehead atoms. The molecule has 2 N–H and O–H groups in total. The van der Waals surface area contributed by atoms with Crippen LogP contribution < -0.4 is 5.73 Å². The van der Waals surface area contributed by atoms with Gasteiger partial charge in [-0.2, -0.15) is 0 Å². The van der Waals surface area contributed by atoms with Crippen LogP contribution in [0, 0.1) is 3.57 Å². The van der Waals surface area contributed by atoms with Crippen LogP contribution >= 0.6 is 33.9 Å². The molecule has 3 aromatic rings. The summed E-state index contributed by atoms with van der Waals surface area (Å²) in [5, 5.41) is 3.03. The lowest BCUT2D eigenvalue weighted by molar-refractivity contribution is 0.457. The molecular weight excluding hydrogens is 371 g/mol. The lowest BCUT2D eigenvalue weighted by atomic mass is 10.0. The Hall–Kier alpha value is -1.15. The van der Waals surface area contributed by atoms with Crippen molar-refractivity contribution in [3.05, 3.63) is 38.5 Å². The number of anilines is 1. The van der Waals surface area contributed by atoms with E-state index in [-0.39, 0.29) is 5.54 Å². The normalized spacial score (nSPS) is 12.2. The molecule has 0 saturated heterocycles. The van der Waals surface area contributed by atoms with Gasteiger partial charge in [-0.15, -0.1) is 11.3 Å². The van der Waals surface area contributed by atoms with E-state index in [4.69, 9.17) is 5.73 Å². The zero-order valence-electron chi connectivity index (χ0n) is 10.6. The second-order valence-corrected chi connectivity index (χ2v) is 6.95. The van der Waals surface area contributed by atoms with Crippen LogP contribution in [-0.2, 0) is 5.54 Å². The van der Waals surface area contributed by atoms with Crippen molar-refractivity contribution in [1.82, 2.24) is 14.5 Å². The molecule has 0 radical (unpaired) electrons. The van der Waals surface area contributed by atoms with Crippen LogP contribution in [0.2, 0.25) is 0 Å². The molecule has 3 rings (SSSR count). The predicted molar refractivity (Wildman–Crippen MR) is 87.4 cm³/mol. The number of fused-ring (bicyclic) bond motifs is 1. The van der Waals surface area contributed by atoms with Gasteiger partial charge >= 0.3 is 0 Å². The number of hydrogen-bond acceptors (Lipinski definition) is 4. The zero-order valence-corrected chi connectivity index (χ0v) is 13.6. The van der Waals surface area contributed by atoms with Crippen LogP contribution in [0.5, 0.6) is 0 Å². The first kappa shape index (κ1) is 12.9. The molecule has 0 aliphatic carbocycles. The summed E-state index contributed by atoms with van der Waals surface area (Å²) in [7, 11) is 0. The Balaban J connectivity index is 2.30.